The van der Waals surface area contributed by atoms with Crippen molar-refractivity contribution in [3.8, 4) is 10.6 Å². The number of thiazole rings is 2. The van der Waals surface area contributed by atoms with Gasteiger partial charge < -0.3 is 24.0 Å². The Kier molecular flexibility index (Phi) is 6.13. The van der Waals surface area contributed by atoms with E-state index in [1.54, 1.807) is 29.7 Å². The molecule has 3 aliphatic rings. The van der Waals surface area contributed by atoms with E-state index in [0.717, 1.165) is 32.6 Å². The first-order chi connectivity index (χ1) is 17.9. The molecule has 0 radical (unpaired) electrons. The van der Waals surface area contributed by atoms with E-state index in [0.29, 0.717) is 30.2 Å². The molecule has 4 aromatic rings. The molecule has 3 fully saturated rings. The smallest absolute Gasteiger partial charge is 0.360 e. The second-order valence-electron chi connectivity index (χ2n) is 8.61. The third-order valence-corrected chi connectivity index (χ3v) is 10.6. The molecule has 7 rings (SSSR count). The summed E-state index contributed by atoms with van der Waals surface area (Å²) >= 11 is 3.13. The number of nitrogens with one attached hydrogen (secondary N) is 1. The zero-order chi connectivity index (χ0) is 25.7. The number of hydrogen-bond donors (Lipinski definition) is 1. The normalized spacial score (nSPS) is 18.5. The number of aromatic nitrogens is 4. The molecule has 0 saturated carbocycles. The molecule has 1 N–H and O–H groups in total. The molecule has 1 amide bonds. The first-order valence-electron chi connectivity index (χ1n) is 11.4. The van der Waals surface area contributed by atoms with Gasteiger partial charge in [0.15, 0.2) is 10.8 Å². The van der Waals surface area contributed by atoms with Gasteiger partial charge >= 0.3 is 5.97 Å². The van der Waals surface area contributed by atoms with E-state index in [9.17, 15) is 9.59 Å². The average molecular weight is 556 g/mol. The van der Waals surface area contributed by atoms with E-state index >= 15 is 0 Å². The van der Waals surface area contributed by atoms with Gasteiger partial charge in [-0.2, -0.15) is 4.98 Å². The molecule has 2 bridgehead atoms. The van der Waals surface area contributed by atoms with Crippen LogP contribution >= 0.6 is 30.7 Å². The minimum Gasteiger partial charge on any atom is -0.464 e. The zero-order valence-corrected chi connectivity index (χ0v) is 22.7. The van der Waals surface area contributed by atoms with Crippen molar-refractivity contribution in [3.63, 3.8) is 0 Å². The molecule has 3 aliphatic heterocycles. The maximum Gasteiger partial charge on any atom is 0.360 e. The molecular formula is C23H22N7O4PS2. The fourth-order valence-electron chi connectivity index (χ4n) is 4.39. The van der Waals surface area contributed by atoms with Gasteiger partial charge in [0.1, 0.15) is 12.1 Å². The molecule has 14 heteroatoms. The van der Waals surface area contributed by atoms with Gasteiger partial charge in [-0.15, -0.1) is 22.7 Å². The van der Waals surface area contributed by atoms with Crippen LogP contribution in [0.15, 0.2) is 34.4 Å². The average Bonchev–Trinajstić information content (AvgIpc) is 3.64. The Hall–Kier alpha value is -3.41. The topological polar surface area (TPSA) is 127 Å². The van der Waals surface area contributed by atoms with Crippen molar-refractivity contribution in [1.82, 2.24) is 24.6 Å². The van der Waals surface area contributed by atoms with Gasteiger partial charge in [0, 0.05) is 32.4 Å². The number of rotatable bonds is 6. The first-order valence-corrected chi connectivity index (χ1v) is 14.8. The highest BCUT2D eigenvalue weighted by Crippen LogP contribution is 2.57. The number of fused-ring (bicyclic) bond motifs is 2. The van der Waals surface area contributed by atoms with Gasteiger partial charge in [-0.25, -0.2) is 19.7 Å². The predicted molar refractivity (Wildman–Crippen MR) is 142 cm³/mol. The standard InChI is InChI=1S/C23H22N7O4PS2/c1-12-19(37-13(2)25-12)17-10-36-22(26-17)28-18-5-4-14(6-24-18)20(31)30-15-7-29(11-35(30)9-15)23-27-16(8-34-23)21(32)33-3/h4-6,8,10,15H,7,9,11H2,1-3H3,(H,24,26,28)/t15-,35-/m0/s1. The number of ether oxygens (including phenoxy) is 1. The summed E-state index contributed by atoms with van der Waals surface area (Å²) in [6, 6.07) is 4.05. The molecule has 4 aromatic heterocycles. The van der Waals surface area contributed by atoms with Gasteiger partial charge in [-0.05, 0) is 26.0 Å². The number of nitrogens with zero attached hydrogens (tertiary/aromatic N) is 6. The van der Waals surface area contributed by atoms with E-state index in [4.69, 9.17) is 4.42 Å². The summed E-state index contributed by atoms with van der Waals surface area (Å²) in [6.07, 6.45) is 4.54. The monoisotopic (exact) mass is 555 g/mol. The number of carbonyl (C=O) groups excluding carboxylic acids is 2. The summed E-state index contributed by atoms with van der Waals surface area (Å²) < 4.78 is 12.1. The van der Waals surface area contributed by atoms with E-state index in [2.05, 4.69) is 30.0 Å². The number of anilines is 3. The van der Waals surface area contributed by atoms with Gasteiger partial charge in [0.25, 0.3) is 11.9 Å². The predicted octanol–water partition coefficient (Wildman–Crippen LogP) is 4.50. The molecule has 3 saturated heterocycles. The minimum atomic E-state index is -0.677. The Morgan fingerprint density at radius 2 is 2.11 bits per heavy atom. The van der Waals surface area contributed by atoms with Gasteiger partial charge in [0.05, 0.1) is 46.3 Å². The minimum absolute atomic E-state index is 0.0173. The molecule has 0 spiro atoms. The van der Waals surface area contributed by atoms with Crippen molar-refractivity contribution in [2.24, 2.45) is 0 Å². The lowest BCUT2D eigenvalue weighted by Gasteiger charge is -2.55. The van der Waals surface area contributed by atoms with Crippen LogP contribution in [0.1, 0.15) is 31.5 Å². The number of pyridine rings is 1. The Morgan fingerprint density at radius 3 is 2.78 bits per heavy atom. The second kappa shape index (κ2) is 9.47. The van der Waals surface area contributed by atoms with Gasteiger partial charge in [0.2, 0.25) is 0 Å². The third kappa shape index (κ3) is 4.47. The Morgan fingerprint density at radius 1 is 1.24 bits per heavy atom. The van der Waals surface area contributed by atoms with E-state index in [-0.39, 0.29) is 17.6 Å². The summed E-state index contributed by atoms with van der Waals surface area (Å²) in [5.41, 5.74) is 2.57. The van der Waals surface area contributed by atoms with E-state index in [1.807, 2.05) is 28.8 Å². The van der Waals surface area contributed by atoms with E-state index < -0.39 is 14.0 Å². The lowest BCUT2D eigenvalue weighted by atomic mass is 10.2. The van der Waals surface area contributed by atoms with Crippen LogP contribution in [0.5, 0.6) is 0 Å². The number of methoxy groups -OCH3 is 1. The lowest BCUT2D eigenvalue weighted by Crippen LogP contribution is -2.60. The molecule has 37 heavy (non-hydrogen) atoms. The summed E-state index contributed by atoms with van der Waals surface area (Å²) in [5, 5.41) is 6.97. The highest BCUT2D eigenvalue weighted by atomic mass is 32.1. The highest BCUT2D eigenvalue weighted by Gasteiger charge is 2.48. The molecule has 7 heterocycles. The van der Waals surface area contributed by atoms with Crippen molar-refractivity contribution in [1.29, 1.82) is 0 Å². The van der Waals surface area contributed by atoms with Crippen LogP contribution in [-0.4, -0.2) is 68.6 Å². The van der Waals surface area contributed by atoms with Crippen molar-refractivity contribution >= 4 is 59.6 Å². The molecule has 190 valence electrons. The number of esters is 1. The number of amides is 1. The first kappa shape index (κ1) is 24.0. The van der Waals surface area contributed by atoms with Crippen LogP contribution in [0.3, 0.4) is 0 Å². The van der Waals surface area contributed by atoms with Crippen LogP contribution in [0, 0.1) is 13.8 Å². The van der Waals surface area contributed by atoms with E-state index in [1.165, 1.54) is 24.7 Å². The SMILES string of the molecule is COC(=O)c1coc(N2C[C@H]3C[P@@](C2)N3C(=O)c2ccc(Nc3nc(-c4sc(C)nc4C)cs3)nc2)n1. The van der Waals surface area contributed by atoms with Crippen molar-refractivity contribution in [3.05, 3.63) is 51.9 Å². The summed E-state index contributed by atoms with van der Waals surface area (Å²) in [4.78, 5) is 45.8. The van der Waals surface area contributed by atoms with Crippen LogP contribution in [0.4, 0.5) is 17.0 Å². The quantitative estimate of drug-likeness (QED) is 0.268. The van der Waals surface area contributed by atoms with Crippen molar-refractivity contribution < 1.29 is 18.7 Å². The van der Waals surface area contributed by atoms with Gasteiger partial charge in [-0.1, -0.05) is 0 Å². The molecule has 0 aromatic carbocycles. The summed E-state index contributed by atoms with van der Waals surface area (Å²) in [7, 11) is 0.626. The maximum absolute atomic E-state index is 13.2. The number of oxazole rings is 1. The molecule has 0 aliphatic carbocycles. The third-order valence-electron chi connectivity index (χ3n) is 6.09. The summed E-state index contributed by atoms with van der Waals surface area (Å²) in [6.45, 7) is 4.58. The lowest BCUT2D eigenvalue weighted by molar-refractivity contribution is 0.0593. The van der Waals surface area contributed by atoms with Crippen molar-refractivity contribution in [2.75, 3.05) is 36.3 Å². The molecule has 0 unspecified atom stereocenters. The fraction of sp³-hybridized carbons (Fsp3) is 0.304. The molecular weight excluding hydrogens is 533 g/mol. The molecule has 11 nitrogen and oxygen atoms in total. The fourth-order valence-corrected chi connectivity index (χ4v) is 8.59. The second-order valence-corrected chi connectivity index (χ2v) is 12.8. The Bertz CT molecular complexity index is 1470. The summed E-state index contributed by atoms with van der Waals surface area (Å²) in [5.74, 6) is 0.0716. The highest BCUT2D eigenvalue weighted by molar-refractivity contribution is 7.58. The molecule has 2 atom stereocenters. The zero-order valence-electron chi connectivity index (χ0n) is 20.2. The Balaban J connectivity index is 1.08. The van der Waals surface area contributed by atoms with Crippen molar-refractivity contribution in [2.45, 2.75) is 19.9 Å². The number of hydrogen-bond acceptors (Lipinski definition) is 12. The number of aryl methyl sites for hydroxylation is 2. The van der Waals surface area contributed by atoms with Crippen LogP contribution in [0.2, 0.25) is 0 Å². The Labute approximate surface area is 221 Å². The van der Waals surface area contributed by atoms with Crippen LogP contribution < -0.4 is 10.2 Å². The van der Waals surface area contributed by atoms with Crippen LogP contribution in [0.25, 0.3) is 10.6 Å². The van der Waals surface area contributed by atoms with Crippen LogP contribution in [-0.2, 0) is 4.74 Å². The number of carbonyl (C=O) groups is 2. The van der Waals surface area contributed by atoms with Gasteiger partial charge in [-0.3, -0.25) is 4.79 Å². The largest absolute Gasteiger partial charge is 0.464 e. The maximum atomic E-state index is 13.2.